The topological polar surface area (TPSA) is 193 Å². The van der Waals surface area contributed by atoms with Crippen molar-refractivity contribution in [2.75, 3.05) is 13.2 Å². The van der Waals surface area contributed by atoms with E-state index in [2.05, 4.69) is 23.8 Å². The van der Waals surface area contributed by atoms with E-state index < -0.39 is 54.7 Å². The number of Topliss-reactive ketones (excluding diaryl/α,β-unsaturated/α-hetero) is 2. The Labute approximate surface area is 333 Å². The van der Waals surface area contributed by atoms with Crippen LogP contribution in [0.3, 0.4) is 0 Å². The van der Waals surface area contributed by atoms with Crippen LogP contribution in [-0.4, -0.2) is 73.6 Å². The molecule has 0 fully saturated rings. The molecule has 0 radical (unpaired) electrons. The molecule has 0 amide bonds. The first-order valence-corrected chi connectivity index (χ1v) is 22.2. The van der Waals surface area contributed by atoms with Crippen molar-refractivity contribution in [1.29, 1.82) is 0 Å². The third-order valence-electron chi connectivity index (χ3n) is 10.3. The average Bonchev–Trinajstić information content (AvgIpc) is 3.70. The largest absolute Gasteiger partial charge is 0.481 e. The van der Waals surface area contributed by atoms with Crippen molar-refractivity contribution in [3.8, 4) is 0 Å². The predicted octanol–water partition coefficient (Wildman–Crippen LogP) is 9.50. The molecule has 0 bridgehead atoms. The molecule has 0 saturated heterocycles. The summed E-state index contributed by atoms with van der Waals surface area (Å²) in [6, 6.07) is 0. The van der Waals surface area contributed by atoms with E-state index in [9.17, 15) is 29.4 Å². The van der Waals surface area contributed by atoms with Crippen LogP contribution >= 0.6 is 0 Å². The van der Waals surface area contributed by atoms with E-state index >= 15 is 0 Å². The van der Waals surface area contributed by atoms with Crippen LogP contribution in [0.5, 0.6) is 0 Å². The maximum atomic E-state index is 13.5. The third-order valence-corrected chi connectivity index (χ3v) is 10.3. The molecule has 55 heavy (non-hydrogen) atoms. The molecule has 11 nitrogen and oxygen atoms in total. The Morgan fingerprint density at radius 3 is 1.35 bits per heavy atom. The highest BCUT2D eigenvalue weighted by atomic mass is 16.6. The minimum absolute atomic E-state index is 0.0641. The van der Waals surface area contributed by atoms with Gasteiger partial charge in [0.2, 0.25) is 0 Å². The second kappa shape index (κ2) is 37.0. The number of hydrogen-bond donors (Lipinski definition) is 5. The highest BCUT2D eigenvalue weighted by Crippen LogP contribution is 2.27. The van der Waals surface area contributed by atoms with E-state index in [1.165, 1.54) is 103 Å². The Morgan fingerprint density at radius 2 is 1.04 bits per heavy atom. The van der Waals surface area contributed by atoms with Gasteiger partial charge in [-0.1, -0.05) is 168 Å². The molecule has 1 unspecified atom stereocenters. The lowest BCUT2D eigenvalue weighted by Gasteiger charge is -2.34. The molecule has 11 heteroatoms. The molecule has 6 N–H and O–H groups in total. The van der Waals surface area contributed by atoms with E-state index in [4.69, 9.17) is 15.6 Å². The lowest BCUT2D eigenvalue weighted by atomic mass is 9.82. The maximum Gasteiger partial charge on any atom is 0.307 e. The van der Waals surface area contributed by atoms with Gasteiger partial charge in [-0.05, 0) is 19.4 Å². The third kappa shape index (κ3) is 27.6. The fourth-order valence-corrected chi connectivity index (χ4v) is 6.83. The number of rotatable bonds is 38. The van der Waals surface area contributed by atoms with Crippen molar-refractivity contribution < 1.29 is 39.2 Å². The van der Waals surface area contributed by atoms with Crippen LogP contribution in [0.2, 0.25) is 0 Å². The van der Waals surface area contributed by atoms with Crippen molar-refractivity contribution in [1.82, 2.24) is 9.97 Å². The standard InChI is InChI=1S/C39H72O8.C5H9N3/c1-3-5-7-9-11-13-15-17-19-21-23-25-27-29-34(41)39(36(43)33-40,47-38(46)32-31-37(44)45)35(42)30-28-26-24-22-20-18-16-14-12-10-8-6-4-2;6-2-1-5-3-7-4-8-5/h36,40,43H,3-33H2,1-2H3,(H,44,45);3-4H,1-2,6H2,(H,7,8). The molecule has 0 aliphatic rings. The number of carboxylic acids is 1. The molecule has 0 aliphatic heterocycles. The van der Waals surface area contributed by atoms with Gasteiger partial charge in [0.25, 0.3) is 5.60 Å². The lowest BCUT2D eigenvalue weighted by molar-refractivity contribution is -0.188. The Bertz CT molecular complexity index is 1020. The van der Waals surface area contributed by atoms with Gasteiger partial charge in [0.05, 0.1) is 31.5 Å². The molecule has 1 atom stereocenters. The summed E-state index contributed by atoms with van der Waals surface area (Å²) < 4.78 is 5.38. The number of aliphatic hydroxyl groups excluding tert-OH is 2. The summed E-state index contributed by atoms with van der Waals surface area (Å²) in [4.78, 5) is 57.5. The number of nitrogens with one attached hydrogen (secondary N) is 1. The minimum Gasteiger partial charge on any atom is -0.481 e. The van der Waals surface area contributed by atoms with Gasteiger partial charge in [-0.3, -0.25) is 19.2 Å². The number of ketones is 2. The number of ether oxygens (including phenoxy) is 1. The van der Waals surface area contributed by atoms with Crippen LogP contribution in [0.25, 0.3) is 0 Å². The molecule has 320 valence electrons. The number of imidazole rings is 1. The lowest BCUT2D eigenvalue weighted by Crippen LogP contribution is -2.60. The number of carbonyl (C=O) groups is 4. The number of aliphatic hydroxyl groups is 2. The molecule has 1 heterocycles. The zero-order chi connectivity index (χ0) is 40.8. The fraction of sp³-hybridized carbons (Fsp3) is 0.841. The number of nitrogens with zero attached hydrogens (tertiary/aromatic N) is 1. The van der Waals surface area contributed by atoms with Gasteiger partial charge in [0.15, 0.2) is 11.6 Å². The zero-order valence-electron chi connectivity index (χ0n) is 35.0. The monoisotopic (exact) mass is 780 g/mol. The van der Waals surface area contributed by atoms with E-state index in [-0.39, 0.29) is 12.8 Å². The van der Waals surface area contributed by atoms with Gasteiger partial charge >= 0.3 is 11.9 Å². The van der Waals surface area contributed by atoms with Gasteiger partial charge in [-0.15, -0.1) is 0 Å². The number of H-pyrrole nitrogens is 1. The molecule has 1 rings (SSSR count). The van der Waals surface area contributed by atoms with Crippen LogP contribution in [0.4, 0.5) is 0 Å². The van der Waals surface area contributed by atoms with E-state index in [1.807, 2.05) is 6.20 Å². The minimum atomic E-state index is -2.50. The summed E-state index contributed by atoms with van der Waals surface area (Å²) >= 11 is 0. The number of unbranched alkanes of at least 4 members (excludes halogenated alkanes) is 24. The van der Waals surface area contributed by atoms with E-state index in [0.29, 0.717) is 19.4 Å². The number of carbonyl (C=O) groups excluding carboxylic acids is 3. The molecule has 0 aromatic carbocycles. The summed E-state index contributed by atoms with van der Waals surface area (Å²) in [5, 5.41) is 29.6. The SMILES string of the molecule is CCCCCCCCCCCCCCCC(=O)C(OC(=O)CCC(=O)O)(C(=O)CCCCCCCCCCCCCCC)C(O)CO.NCCc1c[nH]cn1. The maximum absolute atomic E-state index is 13.5. The Kier molecular flexibility index (Phi) is 35.2. The summed E-state index contributed by atoms with van der Waals surface area (Å²) in [5.41, 5.74) is 3.80. The molecule has 1 aromatic heterocycles. The molecule has 0 aliphatic carbocycles. The van der Waals surface area contributed by atoms with Crippen molar-refractivity contribution in [2.45, 2.75) is 225 Å². The van der Waals surface area contributed by atoms with Crippen LogP contribution in [0.15, 0.2) is 12.5 Å². The first kappa shape index (κ1) is 52.4. The first-order valence-electron chi connectivity index (χ1n) is 22.2. The van der Waals surface area contributed by atoms with Gasteiger partial charge < -0.3 is 30.8 Å². The number of aromatic nitrogens is 2. The number of esters is 1. The first-order chi connectivity index (χ1) is 26.7. The zero-order valence-corrected chi connectivity index (χ0v) is 35.0. The molecular weight excluding hydrogens is 698 g/mol. The number of carboxylic acid groups (broad SMARTS) is 1. The van der Waals surface area contributed by atoms with Gasteiger partial charge in [0.1, 0.15) is 6.10 Å². The molecule has 1 aromatic rings. The van der Waals surface area contributed by atoms with E-state index in [0.717, 1.165) is 63.5 Å². The highest BCUT2D eigenvalue weighted by molar-refractivity contribution is 6.12. The van der Waals surface area contributed by atoms with Crippen molar-refractivity contribution in [3.05, 3.63) is 18.2 Å². The van der Waals surface area contributed by atoms with Gasteiger partial charge in [-0.2, -0.15) is 0 Å². The number of hydrogen-bond acceptors (Lipinski definition) is 9. The van der Waals surface area contributed by atoms with Crippen molar-refractivity contribution >= 4 is 23.5 Å². The van der Waals surface area contributed by atoms with Crippen LogP contribution < -0.4 is 5.73 Å². The normalized spacial score (nSPS) is 11.9. The number of aromatic amines is 1. The Hall–Kier alpha value is -2.63. The van der Waals surface area contributed by atoms with Crippen LogP contribution in [-0.2, 0) is 30.3 Å². The van der Waals surface area contributed by atoms with Gasteiger partial charge in [0, 0.05) is 25.5 Å². The van der Waals surface area contributed by atoms with Gasteiger partial charge in [-0.25, -0.2) is 4.98 Å². The summed E-state index contributed by atoms with van der Waals surface area (Å²) in [6.45, 7) is 4.20. The average molecular weight is 780 g/mol. The predicted molar refractivity (Wildman–Crippen MR) is 221 cm³/mol. The summed E-state index contributed by atoms with van der Waals surface area (Å²) in [6.07, 6.45) is 30.7. The summed E-state index contributed by atoms with van der Waals surface area (Å²) in [5.74, 6) is -3.69. The number of nitrogens with two attached hydrogens (primary N) is 1. The fourth-order valence-electron chi connectivity index (χ4n) is 6.83. The number of aliphatic carboxylic acids is 1. The molecule has 0 saturated carbocycles. The van der Waals surface area contributed by atoms with Crippen molar-refractivity contribution in [3.63, 3.8) is 0 Å². The smallest absolute Gasteiger partial charge is 0.307 e. The summed E-state index contributed by atoms with van der Waals surface area (Å²) in [7, 11) is 0. The second-order valence-electron chi connectivity index (χ2n) is 15.2. The van der Waals surface area contributed by atoms with Crippen LogP contribution in [0, 0.1) is 0 Å². The van der Waals surface area contributed by atoms with E-state index in [1.54, 1.807) is 6.33 Å². The van der Waals surface area contributed by atoms with Crippen LogP contribution in [0.1, 0.15) is 212 Å². The highest BCUT2D eigenvalue weighted by Gasteiger charge is 2.53. The molecule has 0 spiro atoms. The second-order valence-corrected chi connectivity index (χ2v) is 15.2. The Balaban J connectivity index is 0.00000320. The Morgan fingerprint density at radius 1 is 0.655 bits per heavy atom. The van der Waals surface area contributed by atoms with Crippen molar-refractivity contribution in [2.24, 2.45) is 5.73 Å². The quantitative estimate of drug-likeness (QED) is 0.0245. The molecular formula is C44H81N3O8.